The van der Waals surface area contributed by atoms with Gasteiger partial charge in [0, 0.05) is 26.3 Å². The van der Waals surface area contributed by atoms with Gasteiger partial charge < -0.3 is 10.4 Å². The zero-order valence-electron chi connectivity index (χ0n) is 11.3. The summed E-state index contributed by atoms with van der Waals surface area (Å²) in [6.45, 7) is 0. The van der Waals surface area contributed by atoms with Crippen molar-refractivity contribution in [3.05, 3.63) is 63.1 Å². The molecule has 0 saturated carbocycles. The fourth-order valence-corrected chi connectivity index (χ4v) is 2.95. The number of aliphatic hydroxyl groups is 1. The fraction of sp³-hybridized carbons (Fsp3) is 0.125. The van der Waals surface area contributed by atoms with Crippen LogP contribution < -0.4 is 5.32 Å². The van der Waals surface area contributed by atoms with Crippen LogP contribution in [0.4, 0.5) is 5.69 Å². The minimum absolute atomic E-state index is 0.329. The van der Waals surface area contributed by atoms with Crippen LogP contribution in [0.1, 0.15) is 22.3 Å². The summed E-state index contributed by atoms with van der Waals surface area (Å²) >= 11 is 9.10. The summed E-state index contributed by atoms with van der Waals surface area (Å²) in [6.07, 6.45) is -0.329. The number of halogens is 2. The number of carbonyl (C=O) groups is 2. The Kier molecular flexibility index (Phi) is 3.80. The highest BCUT2D eigenvalue weighted by atomic mass is 79.9. The van der Waals surface area contributed by atoms with Crippen molar-refractivity contribution >= 4 is 44.9 Å². The number of carbonyl (C=O) groups excluding carboxylic acids is 2. The maximum absolute atomic E-state index is 12.4. The molecule has 0 aromatic heterocycles. The Hall–Kier alpha value is -1.69. The molecule has 0 fully saturated rings. The minimum atomic E-state index is -1.87. The van der Waals surface area contributed by atoms with Crippen LogP contribution in [0.15, 0.2) is 46.9 Å². The van der Waals surface area contributed by atoms with Gasteiger partial charge in [-0.1, -0.05) is 27.5 Å². The van der Waals surface area contributed by atoms with Gasteiger partial charge in [0.1, 0.15) is 0 Å². The van der Waals surface area contributed by atoms with Gasteiger partial charge in [0.15, 0.2) is 11.4 Å². The Labute approximate surface area is 140 Å². The Morgan fingerprint density at radius 1 is 1.23 bits per heavy atom. The lowest BCUT2D eigenvalue weighted by Crippen LogP contribution is -2.36. The lowest BCUT2D eigenvalue weighted by atomic mass is 9.88. The van der Waals surface area contributed by atoms with E-state index in [1.165, 1.54) is 0 Å². The van der Waals surface area contributed by atoms with Crippen molar-refractivity contribution in [3.8, 4) is 0 Å². The van der Waals surface area contributed by atoms with Crippen LogP contribution >= 0.6 is 27.5 Å². The standard InChI is InChI=1S/C16H11BrClNO3/c17-10-3-6-13-12(7-10)16(22,15(21)19-13)8-14(20)9-1-4-11(18)5-2-9/h1-7,22H,8H2,(H,19,21)/t16-/m0/s1. The highest BCUT2D eigenvalue weighted by Crippen LogP contribution is 2.40. The number of Topliss-reactive ketones (excluding diaryl/α,β-unsaturated/α-hetero) is 1. The molecule has 3 rings (SSSR count). The van der Waals surface area contributed by atoms with E-state index in [1.807, 2.05) is 0 Å². The van der Waals surface area contributed by atoms with Crippen molar-refractivity contribution in [2.24, 2.45) is 0 Å². The maximum Gasteiger partial charge on any atom is 0.261 e. The van der Waals surface area contributed by atoms with E-state index in [9.17, 15) is 14.7 Å². The second-order valence-electron chi connectivity index (χ2n) is 5.11. The quantitative estimate of drug-likeness (QED) is 0.801. The number of amides is 1. The molecule has 22 heavy (non-hydrogen) atoms. The van der Waals surface area contributed by atoms with Gasteiger partial charge in [0.2, 0.25) is 0 Å². The predicted octanol–water partition coefficient (Wildman–Crippen LogP) is 3.52. The van der Waals surface area contributed by atoms with Gasteiger partial charge in [-0.15, -0.1) is 0 Å². The largest absolute Gasteiger partial charge is 0.375 e. The molecule has 0 bridgehead atoms. The van der Waals surface area contributed by atoms with E-state index in [0.29, 0.717) is 21.8 Å². The molecule has 2 aromatic carbocycles. The van der Waals surface area contributed by atoms with E-state index in [4.69, 9.17) is 11.6 Å². The number of fused-ring (bicyclic) bond motifs is 1. The Morgan fingerprint density at radius 2 is 1.91 bits per heavy atom. The number of anilines is 1. The number of ketones is 1. The Bertz CT molecular complexity index is 775. The lowest BCUT2D eigenvalue weighted by molar-refractivity contribution is -0.133. The summed E-state index contributed by atoms with van der Waals surface area (Å²) in [6, 6.07) is 11.4. The van der Waals surface area contributed by atoms with Crippen LogP contribution in [-0.2, 0) is 10.4 Å². The number of hydrogen-bond acceptors (Lipinski definition) is 3. The van der Waals surface area contributed by atoms with Crippen molar-refractivity contribution in [3.63, 3.8) is 0 Å². The number of nitrogens with one attached hydrogen (secondary N) is 1. The SMILES string of the molecule is O=C(C[C@@]1(O)C(=O)Nc2ccc(Br)cc21)c1ccc(Cl)cc1. The number of rotatable bonds is 3. The molecule has 0 saturated heterocycles. The van der Waals surface area contributed by atoms with Crippen molar-refractivity contribution in [1.29, 1.82) is 0 Å². The van der Waals surface area contributed by atoms with Gasteiger partial charge in [-0.3, -0.25) is 9.59 Å². The topological polar surface area (TPSA) is 66.4 Å². The first-order valence-electron chi connectivity index (χ1n) is 6.53. The van der Waals surface area contributed by atoms with E-state index < -0.39 is 11.5 Å². The molecule has 1 aliphatic rings. The van der Waals surface area contributed by atoms with Crippen molar-refractivity contribution in [1.82, 2.24) is 0 Å². The first-order chi connectivity index (χ1) is 10.4. The average molecular weight is 381 g/mol. The second kappa shape index (κ2) is 5.50. The maximum atomic E-state index is 12.4. The van der Waals surface area contributed by atoms with Gasteiger partial charge >= 0.3 is 0 Å². The summed E-state index contributed by atoms with van der Waals surface area (Å²) in [5.41, 5.74) is -0.557. The summed E-state index contributed by atoms with van der Waals surface area (Å²) in [5, 5.41) is 13.9. The molecule has 0 radical (unpaired) electrons. The summed E-state index contributed by atoms with van der Waals surface area (Å²) in [5.74, 6) is -0.926. The highest BCUT2D eigenvalue weighted by molar-refractivity contribution is 9.10. The lowest BCUT2D eigenvalue weighted by Gasteiger charge is -2.20. The molecule has 1 amide bonds. The van der Waals surface area contributed by atoms with Crippen molar-refractivity contribution < 1.29 is 14.7 Å². The molecule has 1 atom stereocenters. The van der Waals surface area contributed by atoms with Crippen molar-refractivity contribution in [2.75, 3.05) is 5.32 Å². The van der Waals surface area contributed by atoms with Crippen LogP contribution in [-0.4, -0.2) is 16.8 Å². The third-order valence-electron chi connectivity index (χ3n) is 3.63. The van der Waals surface area contributed by atoms with Gasteiger partial charge in [0.25, 0.3) is 5.91 Å². The molecular formula is C16H11BrClNO3. The van der Waals surface area contributed by atoms with E-state index in [1.54, 1.807) is 42.5 Å². The zero-order chi connectivity index (χ0) is 15.9. The van der Waals surface area contributed by atoms with E-state index in [-0.39, 0.29) is 12.2 Å². The van der Waals surface area contributed by atoms with Crippen molar-refractivity contribution in [2.45, 2.75) is 12.0 Å². The molecular weight excluding hydrogens is 370 g/mol. The molecule has 4 nitrogen and oxygen atoms in total. The first-order valence-corrected chi connectivity index (χ1v) is 7.70. The summed E-state index contributed by atoms with van der Waals surface area (Å²) < 4.78 is 0.722. The van der Waals surface area contributed by atoms with E-state index in [2.05, 4.69) is 21.2 Å². The van der Waals surface area contributed by atoms with Crippen LogP contribution in [0.5, 0.6) is 0 Å². The summed E-state index contributed by atoms with van der Waals surface area (Å²) in [4.78, 5) is 24.5. The number of hydrogen-bond donors (Lipinski definition) is 2. The monoisotopic (exact) mass is 379 g/mol. The molecule has 112 valence electrons. The molecule has 1 heterocycles. The fourth-order valence-electron chi connectivity index (χ4n) is 2.46. The first kappa shape index (κ1) is 15.2. The molecule has 2 aromatic rings. The molecule has 0 spiro atoms. The summed E-state index contributed by atoms with van der Waals surface area (Å²) in [7, 11) is 0. The second-order valence-corrected chi connectivity index (χ2v) is 6.46. The van der Waals surface area contributed by atoms with Gasteiger partial charge in [-0.2, -0.15) is 0 Å². The third-order valence-corrected chi connectivity index (χ3v) is 4.38. The molecule has 1 aliphatic heterocycles. The van der Waals surface area contributed by atoms with E-state index >= 15 is 0 Å². The highest BCUT2D eigenvalue weighted by Gasteiger charge is 2.46. The predicted molar refractivity (Wildman–Crippen MR) is 87.1 cm³/mol. The molecule has 0 aliphatic carbocycles. The van der Waals surface area contributed by atoms with Crippen LogP contribution in [0.3, 0.4) is 0 Å². The average Bonchev–Trinajstić information content (AvgIpc) is 2.71. The normalized spacial score (nSPS) is 19.7. The number of benzene rings is 2. The van der Waals surface area contributed by atoms with Gasteiger partial charge in [-0.25, -0.2) is 0 Å². The Balaban J connectivity index is 1.94. The van der Waals surface area contributed by atoms with E-state index in [0.717, 1.165) is 4.47 Å². The zero-order valence-corrected chi connectivity index (χ0v) is 13.6. The van der Waals surface area contributed by atoms with Crippen LogP contribution in [0.2, 0.25) is 5.02 Å². The molecule has 2 N–H and O–H groups in total. The minimum Gasteiger partial charge on any atom is -0.375 e. The molecule has 0 unspecified atom stereocenters. The van der Waals surface area contributed by atoms with Gasteiger partial charge in [0.05, 0.1) is 6.42 Å². The smallest absolute Gasteiger partial charge is 0.261 e. The van der Waals surface area contributed by atoms with Crippen LogP contribution in [0, 0.1) is 0 Å². The Morgan fingerprint density at radius 3 is 2.59 bits per heavy atom. The third kappa shape index (κ3) is 2.56. The molecule has 6 heteroatoms. The van der Waals surface area contributed by atoms with Crippen LogP contribution in [0.25, 0.3) is 0 Å². The van der Waals surface area contributed by atoms with Gasteiger partial charge in [-0.05, 0) is 42.5 Å².